The third-order valence-electron chi connectivity index (χ3n) is 4.02. The first-order chi connectivity index (χ1) is 9.42. The number of para-hydroxylation sites is 1. The summed E-state index contributed by atoms with van der Waals surface area (Å²) < 4.78 is 0. The second kappa shape index (κ2) is 4.16. The predicted molar refractivity (Wildman–Crippen MR) is 79.3 cm³/mol. The lowest BCUT2D eigenvalue weighted by atomic mass is 9.96. The van der Waals surface area contributed by atoms with Gasteiger partial charge in [-0.25, -0.2) is 0 Å². The summed E-state index contributed by atoms with van der Waals surface area (Å²) in [5.74, 6) is 0. The van der Waals surface area contributed by atoms with E-state index in [-0.39, 0.29) is 0 Å². The predicted octanol–water partition coefficient (Wildman–Crippen LogP) is 4.05. The summed E-state index contributed by atoms with van der Waals surface area (Å²) in [6.07, 6.45) is 12.1. The van der Waals surface area contributed by atoms with Gasteiger partial charge < -0.3 is 9.97 Å². The van der Waals surface area contributed by atoms with Gasteiger partial charge >= 0.3 is 0 Å². The first kappa shape index (κ1) is 10.7. The molecule has 1 aliphatic carbocycles. The monoisotopic (exact) mass is 248 g/mol. The van der Waals surface area contributed by atoms with E-state index in [4.69, 9.17) is 0 Å². The number of hydrogen-bond acceptors (Lipinski definition) is 0. The van der Waals surface area contributed by atoms with E-state index >= 15 is 0 Å². The standard InChI is InChI=1S/C17H16N2/c1-3-7-16-14(5-1)12(10-18-16)9-13-11-19-17-8-4-2-6-15(13)17/h1,3-5,7-8,10-11,18-19H,2,6,9H2. The highest BCUT2D eigenvalue weighted by atomic mass is 14.7. The number of allylic oxidation sites excluding steroid dienone is 1. The van der Waals surface area contributed by atoms with Gasteiger partial charge in [-0.15, -0.1) is 0 Å². The molecule has 19 heavy (non-hydrogen) atoms. The number of H-pyrrole nitrogens is 2. The van der Waals surface area contributed by atoms with Crippen molar-refractivity contribution in [3.05, 3.63) is 65.1 Å². The molecular weight excluding hydrogens is 232 g/mol. The number of aromatic amines is 2. The van der Waals surface area contributed by atoms with Gasteiger partial charge in [0.05, 0.1) is 0 Å². The Kier molecular flexibility index (Phi) is 2.34. The van der Waals surface area contributed by atoms with Crippen LogP contribution in [0.5, 0.6) is 0 Å². The van der Waals surface area contributed by atoms with Gasteiger partial charge in [0.25, 0.3) is 0 Å². The molecule has 0 aliphatic heterocycles. The summed E-state index contributed by atoms with van der Waals surface area (Å²) in [5.41, 5.74) is 6.83. The third-order valence-corrected chi connectivity index (χ3v) is 4.02. The van der Waals surface area contributed by atoms with Gasteiger partial charge in [-0.1, -0.05) is 24.3 Å². The Bertz CT molecular complexity index is 759. The van der Waals surface area contributed by atoms with E-state index in [1.165, 1.54) is 33.3 Å². The molecule has 2 heteroatoms. The van der Waals surface area contributed by atoms with Crippen LogP contribution in [0.15, 0.2) is 42.7 Å². The number of aromatic nitrogens is 2. The van der Waals surface area contributed by atoms with Gasteiger partial charge in [0.2, 0.25) is 0 Å². The van der Waals surface area contributed by atoms with Crippen molar-refractivity contribution in [2.24, 2.45) is 0 Å². The normalized spacial score (nSPS) is 13.9. The highest BCUT2D eigenvalue weighted by Crippen LogP contribution is 2.27. The molecule has 0 unspecified atom stereocenters. The Balaban J connectivity index is 1.75. The molecule has 0 saturated heterocycles. The number of benzene rings is 1. The van der Waals surface area contributed by atoms with Crippen molar-refractivity contribution in [1.29, 1.82) is 0 Å². The van der Waals surface area contributed by atoms with Crippen LogP contribution >= 0.6 is 0 Å². The van der Waals surface area contributed by atoms with Gasteiger partial charge in [-0.3, -0.25) is 0 Å². The fraction of sp³-hybridized carbons (Fsp3) is 0.176. The van der Waals surface area contributed by atoms with Crippen LogP contribution in [0.1, 0.15) is 28.8 Å². The molecule has 1 aliphatic rings. The molecule has 2 heterocycles. The number of fused-ring (bicyclic) bond motifs is 2. The lowest BCUT2D eigenvalue weighted by Crippen LogP contribution is -1.96. The van der Waals surface area contributed by atoms with E-state index in [9.17, 15) is 0 Å². The van der Waals surface area contributed by atoms with Crippen molar-refractivity contribution in [2.45, 2.75) is 19.3 Å². The SMILES string of the molecule is C1=Cc2[nH]cc(Cc3c[nH]c4ccccc34)c2CC1. The van der Waals surface area contributed by atoms with Crippen LogP contribution in [0.4, 0.5) is 0 Å². The maximum Gasteiger partial charge on any atom is 0.0456 e. The zero-order valence-corrected chi connectivity index (χ0v) is 10.7. The average Bonchev–Trinajstić information content (AvgIpc) is 3.05. The zero-order valence-electron chi connectivity index (χ0n) is 10.7. The van der Waals surface area contributed by atoms with Crippen LogP contribution in [0.25, 0.3) is 17.0 Å². The van der Waals surface area contributed by atoms with Crippen LogP contribution in [-0.4, -0.2) is 9.97 Å². The average molecular weight is 248 g/mol. The molecule has 2 nitrogen and oxygen atoms in total. The second-order valence-electron chi connectivity index (χ2n) is 5.18. The molecule has 94 valence electrons. The second-order valence-corrected chi connectivity index (χ2v) is 5.18. The van der Waals surface area contributed by atoms with Crippen LogP contribution < -0.4 is 0 Å². The minimum absolute atomic E-state index is 1.00. The topological polar surface area (TPSA) is 31.6 Å². The summed E-state index contributed by atoms with van der Waals surface area (Å²) in [7, 11) is 0. The molecule has 4 rings (SSSR count). The Morgan fingerprint density at radius 3 is 2.89 bits per heavy atom. The molecule has 2 aromatic heterocycles. The summed E-state index contributed by atoms with van der Waals surface area (Å²) in [4.78, 5) is 6.75. The van der Waals surface area contributed by atoms with Crippen molar-refractivity contribution in [1.82, 2.24) is 9.97 Å². The van der Waals surface area contributed by atoms with Crippen LogP contribution in [-0.2, 0) is 12.8 Å². The van der Waals surface area contributed by atoms with Crippen molar-refractivity contribution in [3.63, 3.8) is 0 Å². The van der Waals surface area contributed by atoms with Crippen molar-refractivity contribution < 1.29 is 0 Å². The van der Waals surface area contributed by atoms with E-state index in [1.54, 1.807) is 0 Å². The fourth-order valence-electron chi connectivity index (χ4n) is 3.03. The fourth-order valence-corrected chi connectivity index (χ4v) is 3.03. The Hall–Kier alpha value is -2.22. The largest absolute Gasteiger partial charge is 0.361 e. The minimum Gasteiger partial charge on any atom is -0.361 e. The number of nitrogens with one attached hydrogen (secondary N) is 2. The Morgan fingerprint density at radius 1 is 1.00 bits per heavy atom. The smallest absolute Gasteiger partial charge is 0.0456 e. The molecule has 0 fully saturated rings. The van der Waals surface area contributed by atoms with Gasteiger partial charge in [0.15, 0.2) is 0 Å². The minimum atomic E-state index is 1.00. The molecule has 3 aromatic rings. The van der Waals surface area contributed by atoms with Gasteiger partial charge in [-0.2, -0.15) is 0 Å². The Labute approximate surface area is 112 Å². The molecule has 1 aromatic carbocycles. The molecule has 0 spiro atoms. The molecule has 0 atom stereocenters. The highest BCUT2D eigenvalue weighted by molar-refractivity contribution is 5.83. The number of rotatable bonds is 2. The molecule has 0 radical (unpaired) electrons. The molecule has 0 bridgehead atoms. The molecule has 0 saturated carbocycles. The van der Waals surface area contributed by atoms with Gasteiger partial charge in [0.1, 0.15) is 0 Å². The van der Waals surface area contributed by atoms with Crippen molar-refractivity contribution in [2.75, 3.05) is 0 Å². The summed E-state index contributed by atoms with van der Waals surface area (Å²) in [5, 5.41) is 1.34. The van der Waals surface area contributed by atoms with E-state index in [0.717, 1.165) is 19.3 Å². The lowest BCUT2D eigenvalue weighted by molar-refractivity contribution is 0.964. The van der Waals surface area contributed by atoms with E-state index in [0.29, 0.717) is 0 Å². The van der Waals surface area contributed by atoms with Crippen molar-refractivity contribution >= 4 is 17.0 Å². The van der Waals surface area contributed by atoms with Crippen LogP contribution in [0.3, 0.4) is 0 Å². The first-order valence-electron chi connectivity index (χ1n) is 6.82. The summed E-state index contributed by atoms with van der Waals surface area (Å²) in [6, 6.07) is 8.51. The lowest BCUT2D eigenvalue weighted by Gasteiger charge is -2.07. The maximum atomic E-state index is 3.39. The molecular formula is C17H16N2. The number of hydrogen-bond donors (Lipinski definition) is 2. The van der Waals surface area contributed by atoms with Gasteiger partial charge in [0, 0.05) is 35.4 Å². The van der Waals surface area contributed by atoms with E-state index in [2.05, 4.69) is 58.8 Å². The zero-order chi connectivity index (χ0) is 12.7. The summed E-state index contributed by atoms with van der Waals surface area (Å²) in [6.45, 7) is 0. The molecule has 0 amide bonds. The van der Waals surface area contributed by atoms with E-state index in [1.807, 2.05) is 0 Å². The third kappa shape index (κ3) is 1.72. The molecule has 2 N–H and O–H groups in total. The van der Waals surface area contributed by atoms with Crippen LogP contribution in [0, 0.1) is 0 Å². The van der Waals surface area contributed by atoms with Gasteiger partial charge in [-0.05, 0) is 41.7 Å². The highest BCUT2D eigenvalue weighted by Gasteiger charge is 2.13. The van der Waals surface area contributed by atoms with Crippen LogP contribution in [0.2, 0.25) is 0 Å². The van der Waals surface area contributed by atoms with E-state index < -0.39 is 0 Å². The quantitative estimate of drug-likeness (QED) is 0.686. The van der Waals surface area contributed by atoms with Crippen molar-refractivity contribution in [3.8, 4) is 0 Å². The first-order valence-corrected chi connectivity index (χ1v) is 6.82. The maximum absolute atomic E-state index is 3.39. The summed E-state index contributed by atoms with van der Waals surface area (Å²) >= 11 is 0. The Morgan fingerprint density at radius 2 is 1.89 bits per heavy atom.